The zero-order valence-electron chi connectivity index (χ0n) is 13.6. The predicted octanol–water partition coefficient (Wildman–Crippen LogP) is 3.67. The van der Waals surface area contributed by atoms with Crippen LogP contribution in [-0.4, -0.2) is 24.5 Å². The van der Waals surface area contributed by atoms with Crippen molar-refractivity contribution in [3.05, 3.63) is 59.7 Å². The standard InChI is InChI=1S/C19H21NO3/c1-4-23-19(22)17-11-7-15(8-12-17)14-5-9-16(10-6-14)18(21)20-13(2)3/h5-13H,4H2,1-3H3,(H,20,21). The van der Waals surface area contributed by atoms with Crippen molar-refractivity contribution in [2.45, 2.75) is 26.8 Å². The highest BCUT2D eigenvalue weighted by molar-refractivity contribution is 5.95. The van der Waals surface area contributed by atoms with Crippen molar-refractivity contribution in [2.75, 3.05) is 6.61 Å². The van der Waals surface area contributed by atoms with Gasteiger partial charge in [-0.2, -0.15) is 0 Å². The molecule has 0 aromatic heterocycles. The Hall–Kier alpha value is -2.62. The van der Waals surface area contributed by atoms with Crippen molar-refractivity contribution in [1.82, 2.24) is 5.32 Å². The Morgan fingerprint density at radius 1 is 0.913 bits per heavy atom. The lowest BCUT2D eigenvalue weighted by molar-refractivity contribution is 0.0526. The van der Waals surface area contributed by atoms with E-state index < -0.39 is 0 Å². The van der Waals surface area contributed by atoms with Gasteiger partial charge in [0, 0.05) is 11.6 Å². The van der Waals surface area contributed by atoms with Gasteiger partial charge in [0.15, 0.2) is 0 Å². The fraction of sp³-hybridized carbons (Fsp3) is 0.263. The van der Waals surface area contributed by atoms with Gasteiger partial charge in [0.2, 0.25) is 0 Å². The number of amides is 1. The van der Waals surface area contributed by atoms with Crippen molar-refractivity contribution in [1.29, 1.82) is 0 Å². The maximum absolute atomic E-state index is 11.9. The average Bonchev–Trinajstić information content (AvgIpc) is 2.55. The minimum atomic E-state index is -0.320. The van der Waals surface area contributed by atoms with Crippen molar-refractivity contribution in [3.63, 3.8) is 0 Å². The third kappa shape index (κ3) is 4.42. The lowest BCUT2D eigenvalue weighted by Gasteiger charge is -2.09. The first-order valence-electron chi connectivity index (χ1n) is 7.69. The van der Waals surface area contributed by atoms with Crippen LogP contribution in [0.15, 0.2) is 48.5 Å². The SMILES string of the molecule is CCOC(=O)c1ccc(-c2ccc(C(=O)NC(C)C)cc2)cc1. The van der Waals surface area contributed by atoms with Gasteiger partial charge in [-0.15, -0.1) is 0 Å². The summed E-state index contributed by atoms with van der Waals surface area (Å²) >= 11 is 0. The molecule has 0 fully saturated rings. The Labute approximate surface area is 136 Å². The highest BCUT2D eigenvalue weighted by Gasteiger charge is 2.08. The maximum Gasteiger partial charge on any atom is 0.338 e. The molecule has 0 aliphatic rings. The number of rotatable bonds is 5. The molecule has 120 valence electrons. The molecule has 4 heteroatoms. The Bertz CT molecular complexity index is 673. The fourth-order valence-corrected chi connectivity index (χ4v) is 2.17. The monoisotopic (exact) mass is 311 g/mol. The van der Waals surface area contributed by atoms with Gasteiger partial charge in [0.25, 0.3) is 5.91 Å². The van der Waals surface area contributed by atoms with E-state index in [9.17, 15) is 9.59 Å². The van der Waals surface area contributed by atoms with E-state index in [0.717, 1.165) is 11.1 Å². The molecule has 0 bridgehead atoms. The van der Waals surface area contributed by atoms with E-state index in [1.807, 2.05) is 38.1 Å². The maximum atomic E-state index is 11.9. The molecule has 0 heterocycles. The number of benzene rings is 2. The summed E-state index contributed by atoms with van der Waals surface area (Å²) in [5.41, 5.74) is 3.13. The van der Waals surface area contributed by atoms with Gasteiger partial charge in [0.1, 0.15) is 0 Å². The number of ether oxygens (including phenoxy) is 1. The first-order chi connectivity index (χ1) is 11.0. The topological polar surface area (TPSA) is 55.4 Å². The molecule has 0 radical (unpaired) electrons. The van der Waals surface area contributed by atoms with E-state index in [0.29, 0.717) is 17.7 Å². The van der Waals surface area contributed by atoms with Gasteiger partial charge < -0.3 is 10.1 Å². The number of nitrogens with one attached hydrogen (secondary N) is 1. The molecule has 2 aromatic carbocycles. The summed E-state index contributed by atoms with van der Waals surface area (Å²) in [6.07, 6.45) is 0. The minimum Gasteiger partial charge on any atom is -0.462 e. The van der Waals surface area contributed by atoms with Gasteiger partial charge in [-0.1, -0.05) is 24.3 Å². The van der Waals surface area contributed by atoms with Crippen LogP contribution in [0.4, 0.5) is 0 Å². The van der Waals surface area contributed by atoms with Crippen LogP contribution in [0.5, 0.6) is 0 Å². The molecule has 2 aromatic rings. The van der Waals surface area contributed by atoms with Crippen LogP contribution in [0.3, 0.4) is 0 Å². The Morgan fingerprint density at radius 2 is 1.39 bits per heavy atom. The van der Waals surface area contributed by atoms with E-state index in [-0.39, 0.29) is 17.9 Å². The predicted molar refractivity (Wildman–Crippen MR) is 90.4 cm³/mol. The molecule has 4 nitrogen and oxygen atoms in total. The Kier molecular flexibility index (Phi) is 5.52. The zero-order valence-corrected chi connectivity index (χ0v) is 13.6. The largest absolute Gasteiger partial charge is 0.462 e. The molecule has 0 saturated heterocycles. The molecule has 0 saturated carbocycles. The molecular weight excluding hydrogens is 290 g/mol. The number of hydrogen-bond acceptors (Lipinski definition) is 3. The van der Waals surface area contributed by atoms with E-state index in [4.69, 9.17) is 4.74 Å². The lowest BCUT2D eigenvalue weighted by Crippen LogP contribution is -2.29. The zero-order chi connectivity index (χ0) is 16.8. The number of carbonyl (C=O) groups excluding carboxylic acids is 2. The Morgan fingerprint density at radius 3 is 1.83 bits per heavy atom. The third-order valence-corrected chi connectivity index (χ3v) is 3.30. The molecule has 2 rings (SSSR count). The molecule has 0 aliphatic carbocycles. The van der Waals surface area contributed by atoms with Crippen LogP contribution >= 0.6 is 0 Å². The van der Waals surface area contributed by atoms with Crippen LogP contribution in [0.1, 0.15) is 41.5 Å². The summed E-state index contributed by atoms with van der Waals surface area (Å²) in [5, 5.41) is 2.86. The third-order valence-electron chi connectivity index (χ3n) is 3.30. The highest BCUT2D eigenvalue weighted by atomic mass is 16.5. The van der Waals surface area contributed by atoms with E-state index in [1.165, 1.54) is 0 Å². The Balaban J connectivity index is 2.13. The second-order valence-electron chi connectivity index (χ2n) is 5.50. The number of esters is 1. The second-order valence-corrected chi connectivity index (χ2v) is 5.50. The van der Waals surface area contributed by atoms with E-state index in [2.05, 4.69) is 5.32 Å². The molecular formula is C19H21NO3. The summed E-state index contributed by atoms with van der Waals surface area (Å²) in [6, 6.07) is 14.7. The minimum absolute atomic E-state index is 0.0794. The van der Waals surface area contributed by atoms with E-state index >= 15 is 0 Å². The summed E-state index contributed by atoms with van der Waals surface area (Å²) in [4.78, 5) is 23.6. The number of hydrogen-bond donors (Lipinski definition) is 1. The summed E-state index contributed by atoms with van der Waals surface area (Å²) < 4.78 is 4.96. The second kappa shape index (κ2) is 7.58. The van der Waals surface area contributed by atoms with Crippen LogP contribution in [-0.2, 0) is 4.74 Å². The summed E-state index contributed by atoms with van der Waals surface area (Å²) in [7, 11) is 0. The smallest absolute Gasteiger partial charge is 0.338 e. The van der Waals surface area contributed by atoms with Crippen molar-refractivity contribution in [3.8, 4) is 11.1 Å². The lowest BCUT2D eigenvalue weighted by atomic mass is 10.0. The quantitative estimate of drug-likeness (QED) is 0.857. The van der Waals surface area contributed by atoms with Crippen molar-refractivity contribution in [2.24, 2.45) is 0 Å². The van der Waals surface area contributed by atoms with Crippen LogP contribution in [0.2, 0.25) is 0 Å². The first kappa shape index (κ1) is 16.7. The van der Waals surface area contributed by atoms with Crippen LogP contribution in [0, 0.1) is 0 Å². The molecule has 0 atom stereocenters. The summed E-state index contributed by atoms with van der Waals surface area (Å²) in [6.45, 7) is 6.00. The van der Waals surface area contributed by atoms with Gasteiger partial charge in [-0.05, 0) is 56.2 Å². The van der Waals surface area contributed by atoms with Gasteiger partial charge in [0.05, 0.1) is 12.2 Å². The molecule has 1 amide bonds. The molecule has 23 heavy (non-hydrogen) atoms. The molecule has 0 aliphatic heterocycles. The first-order valence-corrected chi connectivity index (χ1v) is 7.69. The van der Waals surface area contributed by atoms with Crippen LogP contribution in [0.25, 0.3) is 11.1 Å². The van der Waals surface area contributed by atoms with Crippen molar-refractivity contribution < 1.29 is 14.3 Å². The van der Waals surface area contributed by atoms with Gasteiger partial charge in [-0.3, -0.25) is 4.79 Å². The van der Waals surface area contributed by atoms with Crippen molar-refractivity contribution >= 4 is 11.9 Å². The highest BCUT2D eigenvalue weighted by Crippen LogP contribution is 2.20. The van der Waals surface area contributed by atoms with Gasteiger partial charge in [-0.25, -0.2) is 4.79 Å². The molecule has 0 spiro atoms. The van der Waals surface area contributed by atoms with E-state index in [1.54, 1.807) is 31.2 Å². The fourth-order valence-electron chi connectivity index (χ4n) is 2.17. The van der Waals surface area contributed by atoms with Crippen LogP contribution < -0.4 is 5.32 Å². The summed E-state index contributed by atoms with van der Waals surface area (Å²) in [5.74, 6) is -0.399. The number of carbonyl (C=O) groups is 2. The van der Waals surface area contributed by atoms with Gasteiger partial charge >= 0.3 is 5.97 Å². The average molecular weight is 311 g/mol. The normalized spacial score (nSPS) is 10.4. The molecule has 0 unspecified atom stereocenters. The molecule has 1 N–H and O–H groups in total.